The van der Waals surface area contributed by atoms with Gasteiger partial charge in [0.05, 0.1) is 0 Å². The SMILES string of the molecule is O=C(CC1c2ccccc2CCc2ccccc21)N1CCCC1. The quantitative estimate of drug-likeness (QED) is 0.823. The first-order valence-corrected chi connectivity index (χ1v) is 8.76. The van der Waals surface area contributed by atoms with Crippen LogP contribution >= 0.6 is 0 Å². The van der Waals surface area contributed by atoms with E-state index in [1.165, 1.54) is 22.3 Å². The number of hydrogen-bond acceptors (Lipinski definition) is 1. The molecule has 0 spiro atoms. The van der Waals surface area contributed by atoms with Gasteiger partial charge in [0.1, 0.15) is 0 Å². The van der Waals surface area contributed by atoms with E-state index in [0.29, 0.717) is 12.3 Å². The van der Waals surface area contributed by atoms with Crippen molar-refractivity contribution in [1.29, 1.82) is 0 Å². The van der Waals surface area contributed by atoms with Crippen LogP contribution in [0.4, 0.5) is 0 Å². The van der Waals surface area contributed by atoms with E-state index in [0.717, 1.165) is 38.8 Å². The summed E-state index contributed by atoms with van der Waals surface area (Å²) in [5.74, 6) is 0.525. The van der Waals surface area contributed by atoms with Gasteiger partial charge in [-0.25, -0.2) is 0 Å². The number of carbonyl (C=O) groups excluding carboxylic acids is 1. The first-order chi connectivity index (χ1) is 11.3. The Labute approximate surface area is 138 Å². The van der Waals surface area contributed by atoms with Gasteiger partial charge >= 0.3 is 0 Å². The fraction of sp³-hybridized carbons (Fsp3) is 0.381. The van der Waals surface area contributed by atoms with Crippen molar-refractivity contribution in [3.05, 3.63) is 70.8 Å². The molecule has 23 heavy (non-hydrogen) atoms. The van der Waals surface area contributed by atoms with Gasteiger partial charge in [0, 0.05) is 25.4 Å². The van der Waals surface area contributed by atoms with Crippen molar-refractivity contribution in [3.63, 3.8) is 0 Å². The predicted molar refractivity (Wildman–Crippen MR) is 92.6 cm³/mol. The molecule has 1 amide bonds. The fourth-order valence-electron chi connectivity index (χ4n) is 4.13. The summed E-state index contributed by atoms with van der Waals surface area (Å²) in [5, 5.41) is 0. The second kappa shape index (κ2) is 6.19. The molecule has 0 radical (unpaired) electrons. The average molecular weight is 305 g/mol. The summed E-state index contributed by atoms with van der Waals surface area (Å²) < 4.78 is 0. The van der Waals surface area contributed by atoms with Gasteiger partial charge in [-0.2, -0.15) is 0 Å². The highest BCUT2D eigenvalue weighted by molar-refractivity contribution is 5.78. The minimum atomic E-state index is 0.206. The molecular formula is C21H23NO. The number of likely N-dealkylation sites (tertiary alicyclic amines) is 1. The van der Waals surface area contributed by atoms with E-state index in [9.17, 15) is 4.79 Å². The second-order valence-electron chi connectivity index (χ2n) is 6.74. The topological polar surface area (TPSA) is 20.3 Å². The molecule has 1 saturated heterocycles. The summed E-state index contributed by atoms with van der Waals surface area (Å²) in [5.41, 5.74) is 5.51. The molecule has 0 N–H and O–H groups in total. The Morgan fingerprint density at radius 1 is 0.870 bits per heavy atom. The molecule has 0 bridgehead atoms. The smallest absolute Gasteiger partial charge is 0.223 e. The Hall–Kier alpha value is -2.09. The number of fused-ring (bicyclic) bond motifs is 2. The van der Waals surface area contributed by atoms with Gasteiger partial charge in [-0.05, 0) is 47.9 Å². The molecule has 0 atom stereocenters. The van der Waals surface area contributed by atoms with Crippen molar-refractivity contribution in [2.45, 2.75) is 38.0 Å². The number of nitrogens with zero attached hydrogens (tertiary/aromatic N) is 1. The number of rotatable bonds is 2. The molecule has 0 unspecified atom stereocenters. The van der Waals surface area contributed by atoms with Gasteiger partial charge in [0.2, 0.25) is 5.91 Å². The van der Waals surface area contributed by atoms with E-state index in [4.69, 9.17) is 0 Å². The van der Waals surface area contributed by atoms with E-state index in [2.05, 4.69) is 53.4 Å². The molecule has 2 heteroatoms. The normalized spacial score (nSPS) is 17.5. The lowest BCUT2D eigenvalue weighted by molar-refractivity contribution is -0.130. The first-order valence-electron chi connectivity index (χ1n) is 8.76. The Morgan fingerprint density at radius 2 is 1.39 bits per heavy atom. The number of aryl methyl sites for hydroxylation is 2. The maximum absolute atomic E-state index is 12.8. The molecule has 1 heterocycles. The standard InChI is InChI=1S/C21H23NO/c23-21(22-13-5-6-14-22)15-20-18-9-3-1-7-16(18)11-12-17-8-2-4-10-19(17)20/h1-4,7-10,20H,5-6,11-15H2. The summed E-state index contributed by atoms with van der Waals surface area (Å²) in [6.45, 7) is 1.88. The zero-order valence-corrected chi connectivity index (χ0v) is 13.5. The first kappa shape index (κ1) is 14.5. The van der Waals surface area contributed by atoms with Gasteiger partial charge in [-0.1, -0.05) is 48.5 Å². The molecule has 2 aromatic carbocycles. The lowest BCUT2D eigenvalue weighted by Gasteiger charge is -2.23. The van der Waals surface area contributed by atoms with Crippen LogP contribution in [0.15, 0.2) is 48.5 Å². The lowest BCUT2D eigenvalue weighted by atomic mass is 9.85. The second-order valence-corrected chi connectivity index (χ2v) is 6.74. The Kier molecular flexibility index (Phi) is 3.90. The Morgan fingerprint density at radius 3 is 1.96 bits per heavy atom. The molecule has 0 aromatic heterocycles. The number of amides is 1. The van der Waals surface area contributed by atoms with Crippen LogP contribution in [0.25, 0.3) is 0 Å². The van der Waals surface area contributed by atoms with Crippen molar-refractivity contribution in [2.24, 2.45) is 0 Å². The van der Waals surface area contributed by atoms with Gasteiger partial charge in [-0.15, -0.1) is 0 Å². The van der Waals surface area contributed by atoms with Crippen molar-refractivity contribution in [2.75, 3.05) is 13.1 Å². The third-order valence-electron chi connectivity index (χ3n) is 5.36. The molecule has 0 saturated carbocycles. The monoisotopic (exact) mass is 305 g/mol. The van der Waals surface area contributed by atoms with Gasteiger partial charge in [0.15, 0.2) is 0 Å². The van der Waals surface area contributed by atoms with Crippen molar-refractivity contribution in [3.8, 4) is 0 Å². The number of hydrogen-bond donors (Lipinski definition) is 0. The third-order valence-corrected chi connectivity index (χ3v) is 5.36. The predicted octanol–water partition coefficient (Wildman–Crippen LogP) is 3.93. The molecule has 2 aliphatic rings. The Bertz CT molecular complexity index is 668. The molecule has 118 valence electrons. The summed E-state index contributed by atoms with van der Waals surface area (Å²) in [7, 11) is 0. The van der Waals surface area contributed by atoms with Crippen LogP contribution in [0.5, 0.6) is 0 Å². The van der Waals surface area contributed by atoms with Crippen molar-refractivity contribution >= 4 is 5.91 Å². The number of benzene rings is 2. The number of carbonyl (C=O) groups is 1. The Balaban J connectivity index is 1.72. The van der Waals surface area contributed by atoms with Crippen LogP contribution in [0, 0.1) is 0 Å². The average Bonchev–Trinajstić information content (AvgIpc) is 3.08. The van der Waals surface area contributed by atoms with Crippen LogP contribution in [0.2, 0.25) is 0 Å². The minimum Gasteiger partial charge on any atom is -0.343 e. The molecule has 1 aliphatic heterocycles. The molecule has 1 fully saturated rings. The summed E-state index contributed by atoms with van der Waals surface area (Å²) in [6, 6.07) is 17.4. The molecule has 1 aliphatic carbocycles. The molecular weight excluding hydrogens is 282 g/mol. The maximum Gasteiger partial charge on any atom is 0.223 e. The van der Waals surface area contributed by atoms with E-state index in [1.54, 1.807) is 0 Å². The molecule has 2 aromatic rings. The fourth-order valence-corrected chi connectivity index (χ4v) is 4.13. The van der Waals surface area contributed by atoms with E-state index < -0.39 is 0 Å². The van der Waals surface area contributed by atoms with Crippen LogP contribution in [0.3, 0.4) is 0 Å². The highest BCUT2D eigenvalue weighted by Crippen LogP contribution is 2.37. The van der Waals surface area contributed by atoms with Crippen LogP contribution in [-0.4, -0.2) is 23.9 Å². The zero-order valence-electron chi connectivity index (χ0n) is 13.5. The van der Waals surface area contributed by atoms with Gasteiger partial charge in [0.25, 0.3) is 0 Å². The van der Waals surface area contributed by atoms with E-state index >= 15 is 0 Å². The summed E-state index contributed by atoms with van der Waals surface area (Å²) in [6.07, 6.45) is 5.06. The third kappa shape index (κ3) is 2.78. The zero-order chi connectivity index (χ0) is 15.6. The summed E-state index contributed by atoms with van der Waals surface area (Å²) >= 11 is 0. The highest BCUT2D eigenvalue weighted by atomic mass is 16.2. The van der Waals surface area contributed by atoms with Crippen molar-refractivity contribution < 1.29 is 4.79 Å². The molecule has 2 nitrogen and oxygen atoms in total. The molecule has 4 rings (SSSR count). The summed E-state index contributed by atoms with van der Waals surface area (Å²) in [4.78, 5) is 14.8. The highest BCUT2D eigenvalue weighted by Gasteiger charge is 2.28. The minimum absolute atomic E-state index is 0.206. The largest absolute Gasteiger partial charge is 0.343 e. The van der Waals surface area contributed by atoms with Crippen molar-refractivity contribution in [1.82, 2.24) is 4.90 Å². The van der Waals surface area contributed by atoms with Gasteiger partial charge in [-0.3, -0.25) is 4.79 Å². The van der Waals surface area contributed by atoms with Crippen LogP contribution in [0.1, 0.15) is 47.4 Å². The van der Waals surface area contributed by atoms with Gasteiger partial charge < -0.3 is 4.90 Å². The maximum atomic E-state index is 12.8. The van der Waals surface area contributed by atoms with E-state index in [1.807, 2.05) is 0 Å². The van der Waals surface area contributed by atoms with E-state index in [-0.39, 0.29) is 5.92 Å². The lowest BCUT2D eigenvalue weighted by Crippen LogP contribution is -2.29. The van der Waals surface area contributed by atoms with Crippen LogP contribution < -0.4 is 0 Å². The van der Waals surface area contributed by atoms with Crippen LogP contribution in [-0.2, 0) is 17.6 Å².